The molecule has 0 saturated carbocycles. The molecule has 0 saturated heterocycles. The summed E-state index contributed by atoms with van der Waals surface area (Å²) in [6.07, 6.45) is 0.990. The molecule has 0 spiro atoms. The highest BCUT2D eigenvalue weighted by Crippen LogP contribution is 3.02. The molecule has 1 amide bonds. The molecule has 0 aliphatic heterocycles. The van der Waals surface area contributed by atoms with Crippen molar-refractivity contribution in [2.24, 2.45) is 0 Å². The normalized spacial score (nSPS) is 14.1. The average molecular weight is 508 g/mol. The molecule has 5 nitrogen and oxygen atoms in total. The third kappa shape index (κ3) is 6.45. The summed E-state index contributed by atoms with van der Waals surface area (Å²) in [6.45, 7) is -0.270. The fraction of sp³-hybridized carbons (Fsp3) is 0.0952. The Morgan fingerprint density at radius 1 is 0.909 bits per heavy atom. The quantitative estimate of drug-likeness (QED) is 0.372. The Morgan fingerprint density at radius 2 is 1.58 bits per heavy atom. The standard InChI is InChI=1S/C21H18F5NO4S2/c1-32(29,30)17-9-5-6-15(12-17)14-27-21(28)19-13-18(33(22,23,24,25)26)10-11-20(19)31-16-7-3-2-4-8-16/h2-13H,14H2,1H3,(H,27,28). The number of ether oxygens (including phenoxy) is 1. The van der Waals surface area contributed by atoms with E-state index in [0.29, 0.717) is 11.6 Å². The molecule has 3 rings (SSSR count). The van der Waals surface area contributed by atoms with E-state index in [-0.39, 0.29) is 35.1 Å². The minimum Gasteiger partial charge on any atom is -0.457 e. The Morgan fingerprint density at radius 3 is 2.18 bits per heavy atom. The fourth-order valence-corrected chi connectivity index (χ4v) is 4.15. The van der Waals surface area contributed by atoms with Gasteiger partial charge in [-0.25, -0.2) is 8.42 Å². The number of rotatable bonds is 7. The van der Waals surface area contributed by atoms with Crippen LogP contribution in [0.2, 0.25) is 0 Å². The van der Waals surface area contributed by atoms with E-state index < -0.39 is 36.4 Å². The lowest BCUT2D eigenvalue weighted by Crippen LogP contribution is -2.24. The second-order valence-electron chi connectivity index (χ2n) is 7.14. The van der Waals surface area contributed by atoms with Crippen molar-refractivity contribution in [3.8, 4) is 11.5 Å². The maximum absolute atomic E-state index is 13.3. The maximum atomic E-state index is 13.3. The first-order valence-corrected chi connectivity index (χ1v) is 13.1. The van der Waals surface area contributed by atoms with Gasteiger partial charge in [-0.05, 0) is 48.0 Å². The molecule has 0 fully saturated rings. The minimum atomic E-state index is -10.1. The van der Waals surface area contributed by atoms with Crippen LogP contribution in [0.1, 0.15) is 15.9 Å². The topological polar surface area (TPSA) is 72.5 Å². The predicted molar refractivity (Wildman–Crippen MR) is 115 cm³/mol. The van der Waals surface area contributed by atoms with Crippen LogP contribution >= 0.6 is 10.2 Å². The molecule has 33 heavy (non-hydrogen) atoms. The van der Waals surface area contributed by atoms with Gasteiger partial charge in [-0.15, -0.1) is 0 Å². The van der Waals surface area contributed by atoms with Crippen molar-refractivity contribution >= 4 is 26.0 Å². The summed E-state index contributed by atoms with van der Waals surface area (Å²) in [6, 6.07) is 14.1. The smallest absolute Gasteiger partial charge is 0.310 e. The highest BCUT2D eigenvalue weighted by Gasteiger charge is 2.65. The van der Waals surface area contributed by atoms with Crippen molar-refractivity contribution in [2.75, 3.05) is 6.26 Å². The van der Waals surface area contributed by atoms with Gasteiger partial charge in [0.15, 0.2) is 9.84 Å². The summed E-state index contributed by atoms with van der Waals surface area (Å²) in [5.74, 6) is -1.31. The molecular weight excluding hydrogens is 489 g/mol. The van der Waals surface area contributed by atoms with Crippen molar-refractivity contribution in [3.63, 3.8) is 0 Å². The number of benzene rings is 3. The number of amides is 1. The number of para-hydroxylation sites is 1. The first-order valence-electron chi connectivity index (χ1n) is 9.21. The van der Waals surface area contributed by atoms with Gasteiger partial charge in [-0.1, -0.05) is 49.8 Å². The van der Waals surface area contributed by atoms with Crippen LogP contribution in [0.5, 0.6) is 11.5 Å². The highest BCUT2D eigenvalue weighted by atomic mass is 32.5. The minimum absolute atomic E-state index is 0.0229. The van der Waals surface area contributed by atoms with E-state index >= 15 is 0 Å². The Kier molecular flexibility index (Phi) is 5.75. The summed E-state index contributed by atoms with van der Waals surface area (Å²) in [7, 11) is -13.6. The van der Waals surface area contributed by atoms with Gasteiger partial charge in [0.2, 0.25) is 0 Å². The van der Waals surface area contributed by atoms with E-state index in [4.69, 9.17) is 4.74 Å². The van der Waals surface area contributed by atoms with Gasteiger partial charge in [0.05, 0.1) is 10.5 Å². The Balaban J connectivity index is 1.95. The maximum Gasteiger partial charge on any atom is 0.310 e. The summed E-state index contributed by atoms with van der Waals surface area (Å²) in [5.41, 5.74) is -0.426. The molecule has 0 aromatic heterocycles. The zero-order valence-corrected chi connectivity index (χ0v) is 18.6. The van der Waals surface area contributed by atoms with Crippen molar-refractivity contribution in [1.82, 2.24) is 5.32 Å². The molecule has 3 aromatic rings. The summed E-state index contributed by atoms with van der Waals surface area (Å²) >= 11 is 0. The number of sulfone groups is 1. The Bertz CT molecular complexity index is 1310. The first kappa shape index (κ1) is 24.5. The van der Waals surface area contributed by atoms with Crippen molar-refractivity contribution in [1.29, 1.82) is 0 Å². The van der Waals surface area contributed by atoms with Crippen LogP contribution in [-0.4, -0.2) is 20.6 Å². The molecule has 0 atom stereocenters. The molecule has 0 aliphatic rings. The molecule has 12 heteroatoms. The van der Waals surface area contributed by atoms with Gasteiger partial charge in [0.1, 0.15) is 16.4 Å². The molecule has 1 N–H and O–H groups in total. The second-order valence-corrected chi connectivity index (χ2v) is 11.6. The van der Waals surface area contributed by atoms with Crippen LogP contribution in [0.3, 0.4) is 0 Å². The van der Waals surface area contributed by atoms with Crippen LogP contribution in [-0.2, 0) is 16.4 Å². The van der Waals surface area contributed by atoms with Crippen molar-refractivity contribution in [2.45, 2.75) is 16.3 Å². The first-order chi connectivity index (χ1) is 15.0. The Labute approximate surface area is 186 Å². The summed E-state index contributed by atoms with van der Waals surface area (Å²) in [4.78, 5) is 10.4. The average Bonchev–Trinajstić information content (AvgIpc) is 2.71. The van der Waals surface area contributed by atoms with Crippen molar-refractivity contribution < 1.29 is 37.4 Å². The van der Waals surface area contributed by atoms with E-state index in [1.165, 1.54) is 36.4 Å². The van der Waals surface area contributed by atoms with Gasteiger partial charge in [-0.3, -0.25) is 4.79 Å². The lowest BCUT2D eigenvalue weighted by atomic mass is 10.1. The van der Waals surface area contributed by atoms with Crippen LogP contribution in [0.25, 0.3) is 0 Å². The fourth-order valence-electron chi connectivity index (χ4n) is 2.79. The van der Waals surface area contributed by atoms with E-state index in [1.54, 1.807) is 18.2 Å². The number of halogens is 5. The van der Waals surface area contributed by atoms with E-state index in [0.717, 1.165) is 6.26 Å². The van der Waals surface area contributed by atoms with Gasteiger partial charge >= 0.3 is 10.2 Å². The zero-order chi connectivity index (χ0) is 24.6. The van der Waals surface area contributed by atoms with Crippen LogP contribution in [0.15, 0.2) is 82.6 Å². The van der Waals surface area contributed by atoms with Crippen LogP contribution in [0.4, 0.5) is 19.4 Å². The molecular formula is C21H18F5NO4S2. The van der Waals surface area contributed by atoms with Crippen molar-refractivity contribution in [3.05, 3.63) is 83.9 Å². The number of carbonyl (C=O) groups excluding carboxylic acids is 1. The molecule has 0 bridgehead atoms. The number of nitrogens with one attached hydrogen (secondary N) is 1. The van der Waals surface area contributed by atoms with Gasteiger partial charge in [0, 0.05) is 12.8 Å². The molecule has 0 heterocycles. The molecule has 0 aliphatic carbocycles. The third-order valence-corrected chi connectivity index (χ3v) is 6.65. The predicted octanol–water partition coefficient (Wildman–Crippen LogP) is 6.47. The summed E-state index contributed by atoms with van der Waals surface area (Å²) in [5, 5.41) is 2.31. The lowest BCUT2D eigenvalue weighted by molar-refractivity contribution is 0.0948. The number of hydrogen-bond acceptors (Lipinski definition) is 4. The largest absolute Gasteiger partial charge is 0.457 e. The SMILES string of the molecule is CS(=O)(=O)c1cccc(CNC(=O)c2cc(S(F)(F)(F)(F)F)ccc2Oc2ccccc2)c1. The molecule has 0 radical (unpaired) electrons. The third-order valence-electron chi connectivity index (χ3n) is 4.39. The van der Waals surface area contributed by atoms with Crippen LogP contribution < -0.4 is 10.1 Å². The monoisotopic (exact) mass is 507 g/mol. The van der Waals surface area contributed by atoms with Gasteiger partial charge in [-0.2, -0.15) is 0 Å². The molecule has 178 valence electrons. The lowest BCUT2D eigenvalue weighted by Gasteiger charge is -2.40. The second kappa shape index (κ2) is 7.73. The molecule has 0 unspecified atom stereocenters. The van der Waals surface area contributed by atoms with E-state index in [9.17, 15) is 32.6 Å². The van der Waals surface area contributed by atoms with Gasteiger partial charge < -0.3 is 10.1 Å². The number of carbonyl (C=O) groups is 1. The van der Waals surface area contributed by atoms with Crippen LogP contribution in [0, 0.1) is 0 Å². The van der Waals surface area contributed by atoms with Gasteiger partial charge in [0.25, 0.3) is 5.91 Å². The van der Waals surface area contributed by atoms with E-state index in [2.05, 4.69) is 5.32 Å². The summed E-state index contributed by atoms with van der Waals surface area (Å²) < 4.78 is 95.4. The Hall–Kier alpha value is -3.12. The zero-order valence-electron chi connectivity index (χ0n) is 17.0. The number of hydrogen-bond donors (Lipinski definition) is 1. The molecule has 3 aromatic carbocycles. The van der Waals surface area contributed by atoms with E-state index in [1.807, 2.05) is 0 Å². The highest BCUT2D eigenvalue weighted by molar-refractivity contribution is 8.45.